The summed E-state index contributed by atoms with van der Waals surface area (Å²) >= 11 is 1.74. The molecule has 0 unspecified atom stereocenters. The zero-order valence-corrected chi connectivity index (χ0v) is 15.5. The van der Waals surface area contributed by atoms with Crippen LogP contribution >= 0.6 is 11.3 Å². The largest absolute Gasteiger partial charge is 0.497 e. The number of rotatable bonds is 5. The molecule has 26 heavy (non-hydrogen) atoms. The van der Waals surface area contributed by atoms with Crippen LogP contribution in [0.1, 0.15) is 16.1 Å². The SMILES string of the molecule is COc1ccc(C)c(Cc2ncc(-c3ccc(-n4ccnc4)cc3)s2)c1. The highest BCUT2D eigenvalue weighted by molar-refractivity contribution is 7.15. The van der Waals surface area contributed by atoms with E-state index < -0.39 is 0 Å². The Hall–Kier alpha value is -2.92. The maximum absolute atomic E-state index is 5.34. The zero-order chi connectivity index (χ0) is 17.9. The minimum atomic E-state index is 0.820. The molecule has 2 heterocycles. The summed E-state index contributed by atoms with van der Waals surface area (Å²) < 4.78 is 7.33. The molecule has 2 aromatic heterocycles. The maximum atomic E-state index is 5.34. The van der Waals surface area contributed by atoms with Gasteiger partial charge in [0.15, 0.2) is 0 Å². The average molecular weight is 361 g/mol. The summed E-state index contributed by atoms with van der Waals surface area (Å²) in [5.74, 6) is 0.887. The van der Waals surface area contributed by atoms with Gasteiger partial charge in [0.05, 0.1) is 23.3 Å². The number of thiazole rings is 1. The summed E-state index contributed by atoms with van der Waals surface area (Å²) in [5.41, 5.74) is 4.79. The second-order valence-corrected chi connectivity index (χ2v) is 7.22. The van der Waals surface area contributed by atoms with Gasteiger partial charge in [-0.25, -0.2) is 9.97 Å². The number of methoxy groups -OCH3 is 1. The van der Waals surface area contributed by atoms with Crippen LogP contribution in [0.5, 0.6) is 5.75 Å². The zero-order valence-electron chi connectivity index (χ0n) is 14.7. The van der Waals surface area contributed by atoms with Gasteiger partial charge in [-0.2, -0.15) is 0 Å². The first-order valence-corrected chi connectivity index (χ1v) is 9.21. The van der Waals surface area contributed by atoms with Gasteiger partial charge in [-0.05, 0) is 47.9 Å². The van der Waals surface area contributed by atoms with Gasteiger partial charge in [-0.15, -0.1) is 11.3 Å². The number of imidazole rings is 1. The van der Waals surface area contributed by atoms with Crippen LogP contribution in [0.3, 0.4) is 0 Å². The van der Waals surface area contributed by atoms with E-state index in [9.17, 15) is 0 Å². The van der Waals surface area contributed by atoms with Crippen LogP contribution in [0.2, 0.25) is 0 Å². The van der Waals surface area contributed by atoms with Crippen molar-refractivity contribution in [2.24, 2.45) is 0 Å². The number of aryl methyl sites for hydroxylation is 1. The predicted molar refractivity (Wildman–Crippen MR) is 105 cm³/mol. The summed E-state index contributed by atoms with van der Waals surface area (Å²) in [5, 5.41) is 1.11. The molecular weight excluding hydrogens is 342 g/mol. The predicted octanol–water partition coefficient (Wildman–Crippen LogP) is 4.90. The van der Waals surface area contributed by atoms with E-state index in [1.165, 1.54) is 21.6 Å². The number of nitrogens with zero attached hydrogens (tertiary/aromatic N) is 3. The Morgan fingerprint density at radius 2 is 1.96 bits per heavy atom. The number of hydrogen-bond acceptors (Lipinski definition) is 4. The molecule has 0 N–H and O–H groups in total. The van der Waals surface area contributed by atoms with Crippen molar-refractivity contribution in [3.05, 3.63) is 83.5 Å². The minimum absolute atomic E-state index is 0.820. The number of hydrogen-bond donors (Lipinski definition) is 0. The smallest absolute Gasteiger partial charge is 0.119 e. The van der Waals surface area contributed by atoms with E-state index in [4.69, 9.17) is 4.74 Å². The average Bonchev–Trinajstić information content (AvgIpc) is 3.36. The quantitative estimate of drug-likeness (QED) is 0.507. The molecule has 4 rings (SSSR count). The summed E-state index contributed by atoms with van der Waals surface area (Å²) in [6, 6.07) is 14.6. The molecule has 0 saturated heterocycles. The van der Waals surface area contributed by atoms with E-state index in [2.05, 4.69) is 53.3 Å². The molecule has 130 valence electrons. The molecule has 0 radical (unpaired) electrons. The van der Waals surface area contributed by atoms with Gasteiger partial charge in [0.25, 0.3) is 0 Å². The molecule has 0 aliphatic rings. The fourth-order valence-corrected chi connectivity index (χ4v) is 3.81. The molecule has 0 bridgehead atoms. The van der Waals surface area contributed by atoms with Crippen LogP contribution in [-0.4, -0.2) is 21.6 Å². The highest BCUT2D eigenvalue weighted by Gasteiger charge is 2.08. The maximum Gasteiger partial charge on any atom is 0.119 e. The van der Waals surface area contributed by atoms with Gasteiger partial charge >= 0.3 is 0 Å². The molecule has 0 aliphatic carbocycles. The molecule has 2 aromatic carbocycles. The van der Waals surface area contributed by atoms with Crippen molar-refractivity contribution >= 4 is 11.3 Å². The van der Waals surface area contributed by atoms with Crippen LogP contribution in [-0.2, 0) is 6.42 Å². The Balaban J connectivity index is 1.55. The van der Waals surface area contributed by atoms with E-state index in [1.54, 1.807) is 31.0 Å². The van der Waals surface area contributed by atoms with Gasteiger partial charge in [-0.1, -0.05) is 18.2 Å². The minimum Gasteiger partial charge on any atom is -0.497 e. The van der Waals surface area contributed by atoms with Crippen molar-refractivity contribution in [2.75, 3.05) is 7.11 Å². The van der Waals surface area contributed by atoms with E-state index in [0.29, 0.717) is 0 Å². The van der Waals surface area contributed by atoms with Crippen LogP contribution in [0.15, 0.2) is 67.4 Å². The van der Waals surface area contributed by atoms with Crippen molar-refractivity contribution in [1.82, 2.24) is 14.5 Å². The molecule has 0 atom stereocenters. The van der Waals surface area contributed by atoms with Crippen LogP contribution in [0.4, 0.5) is 0 Å². The molecule has 5 heteroatoms. The Kier molecular flexibility index (Phi) is 4.54. The van der Waals surface area contributed by atoms with Gasteiger partial charge in [0, 0.05) is 30.7 Å². The highest BCUT2D eigenvalue weighted by atomic mass is 32.1. The summed E-state index contributed by atoms with van der Waals surface area (Å²) in [6.45, 7) is 2.12. The summed E-state index contributed by atoms with van der Waals surface area (Å²) in [7, 11) is 1.70. The molecule has 0 amide bonds. The van der Waals surface area contributed by atoms with Crippen molar-refractivity contribution in [3.63, 3.8) is 0 Å². The highest BCUT2D eigenvalue weighted by Crippen LogP contribution is 2.29. The second kappa shape index (κ2) is 7.14. The van der Waals surface area contributed by atoms with E-state index >= 15 is 0 Å². The number of aromatic nitrogens is 3. The molecule has 0 fully saturated rings. The Bertz CT molecular complexity index is 1000. The third-order valence-corrected chi connectivity index (χ3v) is 5.45. The van der Waals surface area contributed by atoms with E-state index in [1.807, 2.05) is 23.0 Å². The lowest BCUT2D eigenvalue weighted by molar-refractivity contribution is 0.414. The molecule has 0 spiro atoms. The first-order valence-electron chi connectivity index (χ1n) is 8.40. The van der Waals surface area contributed by atoms with Crippen molar-refractivity contribution in [3.8, 4) is 21.9 Å². The molecule has 0 saturated carbocycles. The normalized spacial score (nSPS) is 10.8. The van der Waals surface area contributed by atoms with Gasteiger partial charge in [-0.3, -0.25) is 0 Å². The topological polar surface area (TPSA) is 39.9 Å². The fourth-order valence-electron chi connectivity index (χ4n) is 2.86. The van der Waals surface area contributed by atoms with Gasteiger partial charge < -0.3 is 9.30 Å². The summed E-state index contributed by atoms with van der Waals surface area (Å²) in [4.78, 5) is 9.89. The van der Waals surface area contributed by atoms with Gasteiger partial charge in [0.1, 0.15) is 5.75 Å². The van der Waals surface area contributed by atoms with Gasteiger partial charge in [0.2, 0.25) is 0 Å². The van der Waals surface area contributed by atoms with Crippen molar-refractivity contribution < 1.29 is 4.74 Å². The third-order valence-electron chi connectivity index (χ3n) is 4.41. The molecule has 4 aromatic rings. The number of ether oxygens (including phenoxy) is 1. The molecule has 0 aliphatic heterocycles. The first kappa shape index (κ1) is 16.5. The lowest BCUT2D eigenvalue weighted by Crippen LogP contribution is -1.92. The summed E-state index contributed by atoms with van der Waals surface area (Å²) in [6.07, 6.45) is 8.30. The third kappa shape index (κ3) is 3.39. The second-order valence-electron chi connectivity index (χ2n) is 6.10. The van der Waals surface area contributed by atoms with Crippen LogP contribution in [0, 0.1) is 6.92 Å². The lowest BCUT2D eigenvalue weighted by atomic mass is 10.1. The monoisotopic (exact) mass is 361 g/mol. The Labute approximate surface area is 156 Å². The fraction of sp³-hybridized carbons (Fsp3) is 0.143. The standard InChI is InChI=1S/C21H19N3OS/c1-15-3-8-19(25-2)11-17(15)12-21-23-13-20(26-21)16-4-6-18(7-5-16)24-10-9-22-14-24/h3-11,13-14H,12H2,1-2H3. The van der Waals surface area contributed by atoms with E-state index in [0.717, 1.165) is 22.9 Å². The molecular formula is C21H19N3OS. The van der Waals surface area contributed by atoms with Crippen molar-refractivity contribution in [1.29, 1.82) is 0 Å². The Morgan fingerprint density at radius 1 is 1.12 bits per heavy atom. The number of benzene rings is 2. The molecule has 4 nitrogen and oxygen atoms in total. The Morgan fingerprint density at radius 3 is 2.69 bits per heavy atom. The van der Waals surface area contributed by atoms with Crippen molar-refractivity contribution in [2.45, 2.75) is 13.3 Å². The van der Waals surface area contributed by atoms with Crippen LogP contribution < -0.4 is 4.74 Å². The lowest BCUT2D eigenvalue weighted by Gasteiger charge is -2.06. The van der Waals surface area contributed by atoms with E-state index in [-0.39, 0.29) is 0 Å². The van der Waals surface area contributed by atoms with Crippen LogP contribution in [0.25, 0.3) is 16.1 Å². The first-order chi connectivity index (χ1) is 12.7.